The summed E-state index contributed by atoms with van der Waals surface area (Å²) in [5, 5.41) is 3.19. The molecule has 34 heavy (non-hydrogen) atoms. The average molecular weight is 483 g/mol. The molecule has 0 bridgehead atoms. The van der Waals surface area contributed by atoms with Crippen LogP contribution in [-0.4, -0.2) is 48.8 Å². The molecule has 0 spiro atoms. The van der Waals surface area contributed by atoms with E-state index < -0.39 is 10.0 Å². The summed E-state index contributed by atoms with van der Waals surface area (Å²) >= 11 is 0. The number of rotatable bonds is 9. The van der Waals surface area contributed by atoms with Crippen LogP contribution in [0.25, 0.3) is 11.0 Å². The van der Waals surface area contributed by atoms with Crippen molar-refractivity contribution in [2.45, 2.75) is 62.3 Å². The van der Waals surface area contributed by atoms with Gasteiger partial charge in [0.2, 0.25) is 15.9 Å². The standard InChI is InChI=1S/C26H34N4O3S/c1-4-30-23-13-12-21(34(32,33)29(2)3)18-22(23)28-24(30)14-15-25(31)27-19-26(16-8-9-17-26)20-10-6-5-7-11-20/h5-7,10-13,18H,4,8-9,14-17,19H2,1-3H3,(H,27,31). The minimum atomic E-state index is -3.53. The van der Waals surface area contributed by atoms with Crippen molar-refractivity contribution in [1.82, 2.24) is 19.2 Å². The number of aryl methyl sites for hydroxylation is 2. The molecule has 0 saturated heterocycles. The van der Waals surface area contributed by atoms with Gasteiger partial charge in [-0.2, -0.15) is 0 Å². The molecule has 1 aliphatic rings. The Kier molecular flexibility index (Phi) is 7.09. The van der Waals surface area contributed by atoms with E-state index in [-0.39, 0.29) is 16.2 Å². The lowest BCUT2D eigenvalue weighted by molar-refractivity contribution is -0.121. The smallest absolute Gasteiger partial charge is 0.242 e. The summed E-state index contributed by atoms with van der Waals surface area (Å²) in [6.07, 6.45) is 5.43. The molecule has 1 saturated carbocycles. The second-order valence-electron chi connectivity index (χ2n) is 9.34. The average Bonchev–Trinajstić information content (AvgIpc) is 3.46. The van der Waals surface area contributed by atoms with Crippen molar-refractivity contribution in [3.05, 3.63) is 59.9 Å². The van der Waals surface area contributed by atoms with E-state index in [0.717, 1.165) is 24.2 Å². The van der Waals surface area contributed by atoms with Crippen LogP contribution in [0.5, 0.6) is 0 Å². The molecular weight excluding hydrogens is 448 g/mol. The molecule has 4 rings (SSSR count). The Balaban J connectivity index is 1.46. The number of carbonyl (C=O) groups excluding carboxylic acids is 1. The first-order valence-corrected chi connectivity index (χ1v) is 13.4. The van der Waals surface area contributed by atoms with E-state index in [1.165, 1.54) is 36.8 Å². The Labute approximate surface area is 202 Å². The van der Waals surface area contributed by atoms with Gasteiger partial charge >= 0.3 is 0 Å². The summed E-state index contributed by atoms with van der Waals surface area (Å²) in [6, 6.07) is 15.6. The number of hydrogen-bond acceptors (Lipinski definition) is 4. The van der Waals surface area contributed by atoms with Gasteiger partial charge in [-0.25, -0.2) is 17.7 Å². The summed E-state index contributed by atoms with van der Waals surface area (Å²) in [7, 11) is -0.498. The number of sulfonamides is 1. The number of carbonyl (C=O) groups is 1. The van der Waals surface area contributed by atoms with Crippen LogP contribution >= 0.6 is 0 Å². The largest absolute Gasteiger partial charge is 0.355 e. The fraction of sp³-hybridized carbons (Fsp3) is 0.462. The Morgan fingerprint density at radius 1 is 1.12 bits per heavy atom. The van der Waals surface area contributed by atoms with Crippen molar-refractivity contribution in [2.75, 3.05) is 20.6 Å². The molecular formula is C26H34N4O3S. The molecule has 0 atom stereocenters. The van der Waals surface area contributed by atoms with Crippen molar-refractivity contribution in [3.8, 4) is 0 Å². The van der Waals surface area contributed by atoms with Gasteiger partial charge < -0.3 is 9.88 Å². The summed E-state index contributed by atoms with van der Waals surface area (Å²) in [5.41, 5.74) is 2.85. The van der Waals surface area contributed by atoms with E-state index in [0.29, 0.717) is 31.4 Å². The van der Waals surface area contributed by atoms with Gasteiger partial charge in [0, 0.05) is 45.4 Å². The van der Waals surface area contributed by atoms with Gasteiger partial charge in [-0.05, 0) is 43.5 Å². The maximum atomic E-state index is 12.8. The summed E-state index contributed by atoms with van der Waals surface area (Å²) < 4.78 is 28.2. The molecule has 1 aliphatic carbocycles. The molecule has 0 unspecified atom stereocenters. The molecule has 1 N–H and O–H groups in total. The fourth-order valence-corrected chi connectivity index (χ4v) is 5.99. The van der Waals surface area contributed by atoms with Gasteiger partial charge in [0.1, 0.15) is 5.82 Å². The number of aromatic nitrogens is 2. The second-order valence-corrected chi connectivity index (χ2v) is 11.5. The number of imidazole rings is 1. The number of amides is 1. The summed E-state index contributed by atoms with van der Waals surface area (Å²) in [5.74, 6) is 0.818. The molecule has 2 aromatic carbocycles. The van der Waals surface area contributed by atoms with Crippen molar-refractivity contribution in [1.29, 1.82) is 0 Å². The molecule has 7 nitrogen and oxygen atoms in total. The number of nitrogens with zero attached hydrogens (tertiary/aromatic N) is 3. The Bertz CT molecular complexity index is 1260. The molecule has 1 aromatic heterocycles. The maximum Gasteiger partial charge on any atom is 0.242 e. The number of nitrogens with one attached hydrogen (secondary N) is 1. The van der Waals surface area contributed by atoms with Crippen molar-refractivity contribution >= 4 is 27.0 Å². The molecule has 3 aromatic rings. The third-order valence-corrected chi connectivity index (χ3v) is 8.85. The molecule has 1 fully saturated rings. The predicted octanol–water partition coefficient (Wildman–Crippen LogP) is 3.87. The van der Waals surface area contributed by atoms with Crippen LogP contribution < -0.4 is 5.32 Å². The molecule has 8 heteroatoms. The van der Waals surface area contributed by atoms with Crippen LogP contribution in [0.1, 0.15) is 50.4 Å². The second kappa shape index (κ2) is 9.88. The van der Waals surface area contributed by atoms with E-state index in [1.54, 1.807) is 18.2 Å². The van der Waals surface area contributed by atoms with Crippen molar-refractivity contribution in [3.63, 3.8) is 0 Å². The molecule has 0 aliphatic heterocycles. The van der Waals surface area contributed by atoms with Gasteiger partial charge in [0.05, 0.1) is 15.9 Å². The van der Waals surface area contributed by atoms with Gasteiger partial charge in [-0.1, -0.05) is 43.2 Å². The Hall–Kier alpha value is -2.71. The van der Waals surface area contributed by atoms with Crippen LogP contribution in [0.4, 0.5) is 0 Å². The van der Waals surface area contributed by atoms with E-state index in [4.69, 9.17) is 0 Å². The first-order chi connectivity index (χ1) is 16.3. The quantitative estimate of drug-likeness (QED) is 0.502. The minimum Gasteiger partial charge on any atom is -0.355 e. The number of fused-ring (bicyclic) bond motifs is 1. The molecule has 0 radical (unpaired) electrons. The van der Waals surface area contributed by atoms with Crippen molar-refractivity contribution < 1.29 is 13.2 Å². The third kappa shape index (κ3) is 4.74. The van der Waals surface area contributed by atoms with Crippen molar-refractivity contribution in [2.24, 2.45) is 0 Å². The van der Waals surface area contributed by atoms with Crippen LogP contribution in [0.2, 0.25) is 0 Å². The van der Waals surface area contributed by atoms with E-state index in [2.05, 4.69) is 39.1 Å². The normalized spacial score (nSPS) is 15.8. The maximum absolute atomic E-state index is 12.8. The van der Waals surface area contributed by atoms with E-state index >= 15 is 0 Å². The predicted molar refractivity (Wildman–Crippen MR) is 134 cm³/mol. The van der Waals surface area contributed by atoms with Gasteiger partial charge in [-0.15, -0.1) is 0 Å². The molecule has 1 amide bonds. The SMILES string of the molecule is CCn1c(CCC(=O)NCC2(c3ccccc3)CCCC2)nc2cc(S(=O)(=O)N(C)C)ccc21. The number of benzene rings is 2. The zero-order valence-electron chi connectivity index (χ0n) is 20.3. The van der Waals surface area contributed by atoms with Gasteiger partial charge in [0.15, 0.2) is 0 Å². The fourth-order valence-electron chi connectivity index (χ4n) is 5.07. The Morgan fingerprint density at radius 3 is 2.47 bits per heavy atom. The van der Waals surface area contributed by atoms with Gasteiger partial charge in [-0.3, -0.25) is 4.79 Å². The minimum absolute atomic E-state index is 0.0211. The zero-order valence-corrected chi connectivity index (χ0v) is 21.1. The highest BCUT2D eigenvalue weighted by Crippen LogP contribution is 2.40. The zero-order chi connectivity index (χ0) is 24.3. The molecule has 182 valence electrons. The first-order valence-electron chi connectivity index (χ1n) is 12.0. The highest BCUT2D eigenvalue weighted by atomic mass is 32.2. The summed E-state index contributed by atoms with van der Waals surface area (Å²) in [6.45, 7) is 3.38. The lowest BCUT2D eigenvalue weighted by Gasteiger charge is -2.30. The monoisotopic (exact) mass is 482 g/mol. The summed E-state index contributed by atoms with van der Waals surface area (Å²) in [4.78, 5) is 17.7. The van der Waals surface area contributed by atoms with Crippen LogP contribution in [0.15, 0.2) is 53.4 Å². The first kappa shape index (κ1) is 24.4. The van der Waals surface area contributed by atoms with Crippen LogP contribution in [0.3, 0.4) is 0 Å². The highest BCUT2D eigenvalue weighted by molar-refractivity contribution is 7.89. The lowest BCUT2D eigenvalue weighted by atomic mass is 9.79. The molecule has 1 heterocycles. The Morgan fingerprint density at radius 2 is 1.82 bits per heavy atom. The topological polar surface area (TPSA) is 84.3 Å². The lowest BCUT2D eigenvalue weighted by Crippen LogP contribution is -2.39. The van der Waals surface area contributed by atoms with E-state index in [1.807, 2.05) is 13.0 Å². The van der Waals surface area contributed by atoms with E-state index in [9.17, 15) is 13.2 Å². The van der Waals surface area contributed by atoms with Crippen LogP contribution in [0, 0.1) is 0 Å². The third-order valence-electron chi connectivity index (χ3n) is 7.04. The highest BCUT2D eigenvalue weighted by Gasteiger charge is 2.35. The number of hydrogen-bond donors (Lipinski definition) is 1. The van der Waals surface area contributed by atoms with Gasteiger partial charge in [0.25, 0.3) is 0 Å². The van der Waals surface area contributed by atoms with Crippen LogP contribution in [-0.2, 0) is 33.2 Å².